The van der Waals surface area contributed by atoms with Crippen LogP contribution < -0.4 is 4.90 Å². The van der Waals surface area contributed by atoms with Gasteiger partial charge >= 0.3 is 0 Å². The highest BCUT2D eigenvalue weighted by molar-refractivity contribution is 7.96. The summed E-state index contributed by atoms with van der Waals surface area (Å²) in [6, 6.07) is 7.24. The van der Waals surface area contributed by atoms with Gasteiger partial charge in [-0.3, -0.25) is 0 Å². The Kier molecular flexibility index (Phi) is 4.73. The molecule has 6 heteroatoms. The Morgan fingerprint density at radius 3 is 2.74 bits per heavy atom. The molecule has 122 valence electrons. The van der Waals surface area contributed by atoms with Gasteiger partial charge in [0.15, 0.2) is 5.82 Å². The summed E-state index contributed by atoms with van der Waals surface area (Å²) in [6.45, 7) is 4.03. The number of phenols is 1. The van der Waals surface area contributed by atoms with E-state index in [1.54, 1.807) is 6.07 Å². The Labute approximate surface area is 141 Å². The van der Waals surface area contributed by atoms with E-state index in [9.17, 15) is 5.11 Å². The van der Waals surface area contributed by atoms with E-state index in [1.807, 2.05) is 49.1 Å². The Morgan fingerprint density at radius 2 is 2.04 bits per heavy atom. The Balaban J connectivity index is 2.06. The lowest BCUT2D eigenvalue weighted by Gasteiger charge is -2.29. The minimum Gasteiger partial charge on any atom is -0.507 e. The van der Waals surface area contributed by atoms with Crippen LogP contribution in [0.5, 0.6) is 5.75 Å². The quantitative estimate of drug-likeness (QED) is 0.870. The Bertz CT molecular complexity index is 705. The summed E-state index contributed by atoms with van der Waals surface area (Å²) in [5, 5.41) is 10.1. The molecule has 0 amide bonds. The maximum absolute atomic E-state index is 10.1. The van der Waals surface area contributed by atoms with E-state index in [1.165, 1.54) is 5.56 Å². The maximum Gasteiger partial charge on any atom is 0.165 e. The van der Waals surface area contributed by atoms with Gasteiger partial charge < -0.3 is 10.0 Å². The number of nitrogens with zero attached hydrogens (tertiary/aromatic N) is 4. The molecule has 1 aromatic heterocycles. The van der Waals surface area contributed by atoms with Crippen molar-refractivity contribution in [2.45, 2.75) is 19.9 Å². The molecule has 2 aromatic rings. The molecule has 1 aliphatic heterocycles. The molecule has 0 saturated heterocycles. The lowest BCUT2D eigenvalue weighted by Crippen LogP contribution is -2.29. The molecule has 2 heterocycles. The fourth-order valence-electron chi connectivity index (χ4n) is 2.82. The lowest BCUT2D eigenvalue weighted by atomic mass is 10.1. The topological polar surface area (TPSA) is 52.5 Å². The number of benzene rings is 1. The molecule has 0 saturated carbocycles. The van der Waals surface area contributed by atoms with E-state index >= 15 is 0 Å². The van der Waals surface area contributed by atoms with Crippen molar-refractivity contribution < 1.29 is 5.11 Å². The largest absolute Gasteiger partial charge is 0.507 e. The van der Waals surface area contributed by atoms with Gasteiger partial charge in [-0.2, -0.15) is 0 Å². The average molecular weight is 330 g/mol. The highest BCUT2D eigenvalue weighted by atomic mass is 32.2. The summed E-state index contributed by atoms with van der Waals surface area (Å²) in [5.74, 6) is 2.83. The maximum atomic E-state index is 10.1. The van der Waals surface area contributed by atoms with E-state index in [0.717, 1.165) is 36.8 Å². The predicted octanol–water partition coefficient (Wildman–Crippen LogP) is 2.94. The first-order chi connectivity index (χ1) is 11.1. The molecule has 3 rings (SSSR count). The minimum atomic E-state index is 0.219. The van der Waals surface area contributed by atoms with Gasteiger partial charge in [0, 0.05) is 44.9 Å². The smallest absolute Gasteiger partial charge is 0.165 e. The second kappa shape index (κ2) is 6.76. The van der Waals surface area contributed by atoms with Crippen molar-refractivity contribution in [3.05, 3.63) is 35.5 Å². The van der Waals surface area contributed by atoms with Crippen LogP contribution in [-0.2, 0) is 13.0 Å². The number of fused-ring (bicyclic) bond motifs is 1. The van der Waals surface area contributed by atoms with Crippen LogP contribution in [0.15, 0.2) is 24.3 Å². The van der Waals surface area contributed by atoms with Crippen LogP contribution in [0, 0.1) is 0 Å². The molecule has 5 nitrogen and oxygen atoms in total. The van der Waals surface area contributed by atoms with E-state index in [4.69, 9.17) is 9.97 Å². The summed E-state index contributed by atoms with van der Waals surface area (Å²) >= 11 is 1.86. The monoisotopic (exact) mass is 330 g/mol. The highest BCUT2D eigenvalue weighted by Gasteiger charge is 2.24. The average Bonchev–Trinajstić information content (AvgIpc) is 2.54. The molecule has 23 heavy (non-hydrogen) atoms. The van der Waals surface area contributed by atoms with E-state index in [-0.39, 0.29) is 5.75 Å². The third-order valence-electron chi connectivity index (χ3n) is 3.88. The van der Waals surface area contributed by atoms with Gasteiger partial charge in [-0.15, -0.1) is 0 Å². The molecule has 0 bridgehead atoms. The number of phenolic OH excluding ortho intramolecular Hbond substituents is 1. The summed E-state index contributed by atoms with van der Waals surface area (Å²) in [5.41, 5.74) is 2.97. The molecule has 0 atom stereocenters. The zero-order valence-corrected chi connectivity index (χ0v) is 14.6. The minimum absolute atomic E-state index is 0.219. The van der Waals surface area contributed by atoms with Crippen molar-refractivity contribution >= 4 is 17.8 Å². The van der Waals surface area contributed by atoms with Crippen molar-refractivity contribution in [3.8, 4) is 17.1 Å². The third-order valence-corrected chi connectivity index (χ3v) is 4.82. The summed E-state index contributed by atoms with van der Waals surface area (Å²) in [4.78, 5) is 11.5. The number of hydrogen-bond acceptors (Lipinski definition) is 6. The van der Waals surface area contributed by atoms with Gasteiger partial charge in [0.1, 0.15) is 11.6 Å². The van der Waals surface area contributed by atoms with Gasteiger partial charge in [-0.25, -0.2) is 14.3 Å². The van der Waals surface area contributed by atoms with Crippen molar-refractivity contribution in [2.75, 3.05) is 31.3 Å². The van der Waals surface area contributed by atoms with Gasteiger partial charge in [-0.1, -0.05) is 31.0 Å². The first kappa shape index (κ1) is 16.1. The van der Waals surface area contributed by atoms with E-state index in [0.29, 0.717) is 11.4 Å². The summed E-state index contributed by atoms with van der Waals surface area (Å²) in [7, 11) is 4.01. The van der Waals surface area contributed by atoms with Crippen LogP contribution >= 0.6 is 11.9 Å². The number of hydrogen-bond donors (Lipinski definition) is 1. The molecule has 0 fully saturated rings. The molecule has 1 aliphatic rings. The van der Waals surface area contributed by atoms with Crippen molar-refractivity contribution in [1.82, 2.24) is 14.3 Å². The summed E-state index contributed by atoms with van der Waals surface area (Å²) < 4.78 is 2.37. The fraction of sp³-hybridized carbons (Fsp3) is 0.412. The number of anilines is 1. The first-order valence-electron chi connectivity index (χ1n) is 7.83. The van der Waals surface area contributed by atoms with Crippen LogP contribution in [0.25, 0.3) is 11.4 Å². The van der Waals surface area contributed by atoms with Crippen molar-refractivity contribution in [3.63, 3.8) is 0 Å². The predicted molar refractivity (Wildman–Crippen MR) is 95.7 cm³/mol. The summed E-state index contributed by atoms with van der Waals surface area (Å²) in [6.07, 6.45) is 0.909. The fourth-order valence-corrected chi connectivity index (χ4v) is 3.62. The standard InChI is InChI=1S/C17H22N4OS/c1-4-23-21-10-9-14-13(11-21)17(20(2)3)19-16(18-14)12-7-5-6-8-15(12)22/h5-8,22H,4,9-11H2,1-3H3. The highest BCUT2D eigenvalue weighted by Crippen LogP contribution is 2.33. The second-order valence-corrected chi connectivity index (χ2v) is 7.09. The molecular formula is C17H22N4OS. The van der Waals surface area contributed by atoms with Gasteiger partial charge in [0.05, 0.1) is 11.3 Å². The molecule has 0 aliphatic carbocycles. The van der Waals surface area contributed by atoms with Crippen LogP contribution in [0.3, 0.4) is 0 Å². The molecule has 0 unspecified atom stereocenters. The normalized spacial score (nSPS) is 14.6. The zero-order chi connectivity index (χ0) is 16.4. The molecule has 1 aromatic carbocycles. The Morgan fingerprint density at radius 1 is 1.26 bits per heavy atom. The van der Waals surface area contributed by atoms with Gasteiger partial charge in [0.25, 0.3) is 0 Å². The Hall–Kier alpha value is -1.79. The second-order valence-electron chi connectivity index (χ2n) is 5.74. The van der Waals surface area contributed by atoms with E-state index in [2.05, 4.69) is 11.2 Å². The first-order valence-corrected chi connectivity index (χ1v) is 8.77. The molecule has 0 radical (unpaired) electrons. The van der Waals surface area contributed by atoms with Gasteiger partial charge in [-0.05, 0) is 12.1 Å². The molecular weight excluding hydrogens is 308 g/mol. The lowest BCUT2D eigenvalue weighted by molar-refractivity contribution is 0.438. The van der Waals surface area contributed by atoms with Crippen molar-refractivity contribution in [1.29, 1.82) is 0 Å². The third kappa shape index (κ3) is 3.28. The van der Waals surface area contributed by atoms with E-state index < -0.39 is 0 Å². The van der Waals surface area contributed by atoms with Crippen LogP contribution in [0.1, 0.15) is 18.2 Å². The SMILES string of the molecule is CCSN1CCc2nc(-c3ccccc3O)nc(N(C)C)c2C1. The number of aromatic nitrogens is 2. The molecule has 1 N–H and O–H groups in total. The molecule has 0 spiro atoms. The number of rotatable bonds is 4. The number of para-hydroxylation sites is 1. The number of aromatic hydroxyl groups is 1. The van der Waals surface area contributed by atoms with Crippen LogP contribution in [-0.4, -0.2) is 45.8 Å². The van der Waals surface area contributed by atoms with Crippen molar-refractivity contribution in [2.24, 2.45) is 0 Å². The van der Waals surface area contributed by atoms with Crippen LogP contribution in [0.4, 0.5) is 5.82 Å². The van der Waals surface area contributed by atoms with Crippen LogP contribution in [0.2, 0.25) is 0 Å². The van der Waals surface area contributed by atoms with Gasteiger partial charge in [0.2, 0.25) is 0 Å². The zero-order valence-electron chi connectivity index (χ0n) is 13.8.